The van der Waals surface area contributed by atoms with Crippen LogP contribution in [0, 0.1) is 13.8 Å². The summed E-state index contributed by atoms with van der Waals surface area (Å²) < 4.78 is 0. The molecular weight excluding hydrogens is 210 g/mol. The number of hydrogen-bond donors (Lipinski definition) is 1. The van der Waals surface area contributed by atoms with Gasteiger partial charge in [0, 0.05) is 6.54 Å². The molecule has 2 heteroatoms. The van der Waals surface area contributed by atoms with E-state index in [1.165, 1.54) is 11.1 Å². The maximum atomic E-state index is 10.9. The maximum Gasteiger partial charge on any atom is 0.0911 e. The third-order valence-electron chi connectivity index (χ3n) is 4.14. The zero-order valence-electron chi connectivity index (χ0n) is 11.2. The van der Waals surface area contributed by atoms with Crippen LogP contribution in [0.2, 0.25) is 0 Å². The van der Waals surface area contributed by atoms with E-state index in [0.717, 1.165) is 37.9 Å². The predicted molar refractivity (Wildman–Crippen MR) is 71.2 cm³/mol. The quantitative estimate of drug-likeness (QED) is 0.806. The van der Waals surface area contributed by atoms with Gasteiger partial charge in [-0.1, -0.05) is 18.2 Å². The van der Waals surface area contributed by atoms with Crippen molar-refractivity contribution in [2.24, 2.45) is 0 Å². The van der Waals surface area contributed by atoms with Crippen molar-refractivity contribution < 1.29 is 5.11 Å². The van der Waals surface area contributed by atoms with Crippen LogP contribution in [0.15, 0.2) is 18.2 Å². The first kappa shape index (κ1) is 12.6. The third kappa shape index (κ3) is 2.53. The fourth-order valence-corrected chi connectivity index (χ4v) is 2.78. The topological polar surface area (TPSA) is 23.5 Å². The molecule has 0 aliphatic carbocycles. The Morgan fingerprint density at radius 1 is 1.18 bits per heavy atom. The third-order valence-corrected chi connectivity index (χ3v) is 4.14. The molecule has 1 N–H and O–H groups in total. The Hall–Kier alpha value is -0.860. The lowest BCUT2D eigenvalue weighted by Crippen LogP contribution is -2.28. The van der Waals surface area contributed by atoms with Crippen molar-refractivity contribution in [3.63, 3.8) is 0 Å². The van der Waals surface area contributed by atoms with Crippen molar-refractivity contribution in [3.05, 3.63) is 34.9 Å². The number of likely N-dealkylation sites (tertiary alicyclic amines) is 1. The van der Waals surface area contributed by atoms with Gasteiger partial charge in [-0.3, -0.25) is 0 Å². The van der Waals surface area contributed by atoms with E-state index in [-0.39, 0.29) is 0 Å². The van der Waals surface area contributed by atoms with Crippen molar-refractivity contribution in [2.75, 3.05) is 20.1 Å². The van der Waals surface area contributed by atoms with Crippen LogP contribution >= 0.6 is 0 Å². The monoisotopic (exact) mass is 233 g/mol. The number of rotatable bonds is 1. The molecule has 1 aliphatic heterocycles. The van der Waals surface area contributed by atoms with E-state index in [9.17, 15) is 5.11 Å². The van der Waals surface area contributed by atoms with Crippen molar-refractivity contribution in [1.29, 1.82) is 0 Å². The summed E-state index contributed by atoms with van der Waals surface area (Å²) in [5.41, 5.74) is 3.03. The SMILES string of the molecule is Cc1cccc(C2(O)CCCN(C)CC2)c1C. The fraction of sp³-hybridized carbons (Fsp3) is 0.600. The minimum Gasteiger partial charge on any atom is -0.385 e. The highest BCUT2D eigenvalue weighted by Crippen LogP contribution is 2.35. The highest BCUT2D eigenvalue weighted by atomic mass is 16.3. The Bertz CT molecular complexity index is 402. The fourth-order valence-electron chi connectivity index (χ4n) is 2.78. The van der Waals surface area contributed by atoms with Crippen molar-refractivity contribution in [2.45, 2.75) is 38.7 Å². The van der Waals surface area contributed by atoms with E-state index in [4.69, 9.17) is 0 Å². The minimum absolute atomic E-state index is 0.624. The Kier molecular flexibility index (Phi) is 3.55. The van der Waals surface area contributed by atoms with E-state index in [1.807, 2.05) is 0 Å². The molecule has 1 heterocycles. The molecule has 2 nitrogen and oxygen atoms in total. The molecule has 0 radical (unpaired) electrons. The average Bonchev–Trinajstić information content (AvgIpc) is 2.46. The number of aryl methyl sites for hydroxylation is 1. The van der Waals surface area contributed by atoms with Gasteiger partial charge >= 0.3 is 0 Å². The van der Waals surface area contributed by atoms with Gasteiger partial charge in [0.25, 0.3) is 0 Å². The van der Waals surface area contributed by atoms with Crippen LogP contribution in [0.3, 0.4) is 0 Å². The maximum absolute atomic E-state index is 10.9. The largest absolute Gasteiger partial charge is 0.385 e. The van der Waals surface area contributed by atoms with Crippen LogP contribution in [-0.2, 0) is 5.60 Å². The van der Waals surface area contributed by atoms with Gasteiger partial charge in [-0.2, -0.15) is 0 Å². The molecular formula is C15H23NO. The second-order valence-electron chi connectivity index (χ2n) is 5.44. The normalized spacial score (nSPS) is 26.8. The average molecular weight is 233 g/mol. The molecule has 1 saturated heterocycles. The lowest BCUT2D eigenvalue weighted by Gasteiger charge is -2.29. The first-order chi connectivity index (χ1) is 8.03. The predicted octanol–water partition coefficient (Wildman–Crippen LogP) is 2.61. The van der Waals surface area contributed by atoms with Gasteiger partial charge < -0.3 is 10.0 Å². The minimum atomic E-state index is -0.624. The van der Waals surface area contributed by atoms with E-state index >= 15 is 0 Å². The van der Waals surface area contributed by atoms with Gasteiger partial charge in [-0.15, -0.1) is 0 Å². The molecule has 1 unspecified atom stereocenters. The molecule has 0 saturated carbocycles. The van der Waals surface area contributed by atoms with Gasteiger partial charge in [0.05, 0.1) is 5.60 Å². The highest BCUT2D eigenvalue weighted by molar-refractivity contribution is 5.37. The van der Waals surface area contributed by atoms with Crippen molar-refractivity contribution >= 4 is 0 Å². The van der Waals surface area contributed by atoms with Crippen LogP contribution in [0.1, 0.15) is 36.0 Å². The standard InChI is InChI=1S/C15H23NO/c1-12-6-4-7-14(13(12)2)15(17)8-5-10-16(3)11-9-15/h4,6-7,17H,5,8-11H2,1-3H3. The van der Waals surface area contributed by atoms with Crippen LogP contribution in [0.4, 0.5) is 0 Å². The zero-order chi connectivity index (χ0) is 12.5. The van der Waals surface area contributed by atoms with Crippen LogP contribution in [-0.4, -0.2) is 30.1 Å². The molecule has 1 atom stereocenters. The summed E-state index contributed by atoms with van der Waals surface area (Å²) in [4.78, 5) is 2.31. The Morgan fingerprint density at radius 3 is 2.71 bits per heavy atom. The molecule has 17 heavy (non-hydrogen) atoms. The first-order valence-corrected chi connectivity index (χ1v) is 6.50. The van der Waals surface area contributed by atoms with Crippen molar-refractivity contribution in [1.82, 2.24) is 4.90 Å². The molecule has 94 valence electrons. The summed E-state index contributed by atoms with van der Waals surface area (Å²) >= 11 is 0. The number of nitrogens with zero attached hydrogens (tertiary/aromatic N) is 1. The van der Waals surface area contributed by atoms with E-state index in [1.54, 1.807) is 0 Å². The molecule has 1 fully saturated rings. The van der Waals surface area contributed by atoms with Gasteiger partial charge in [0.15, 0.2) is 0 Å². The molecule has 1 aliphatic rings. The molecule has 0 bridgehead atoms. The molecule has 1 aromatic rings. The zero-order valence-corrected chi connectivity index (χ0v) is 11.2. The van der Waals surface area contributed by atoms with Gasteiger partial charge in [-0.05, 0) is 63.4 Å². The lowest BCUT2D eigenvalue weighted by atomic mass is 9.83. The molecule has 2 rings (SSSR count). The van der Waals surface area contributed by atoms with Crippen molar-refractivity contribution in [3.8, 4) is 0 Å². The summed E-state index contributed by atoms with van der Waals surface area (Å²) in [6.07, 6.45) is 2.79. The van der Waals surface area contributed by atoms with E-state index in [0.29, 0.717) is 0 Å². The van der Waals surface area contributed by atoms with Gasteiger partial charge in [0.2, 0.25) is 0 Å². The van der Waals surface area contributed by atoms with Crippen LogP contribution < -0.4 is 0 Å². The lowest BCUT2D eigenvalue weighted by molar-refractivity contribution is 0.0212. The smallest absolute Gasteiger partial charge is 0.0911 e. The second-order valence-corrected chi connectivity index (χ2v) is 5.44. The second kappa shape index (κ2) is 4.79. The number of benzene rings is 1. The molecule has 0 aromatic heterocycles. The number of hydrogen-bond acceptors (Lipinski definition) is 2. The Balaban J connectivity index is 2.33. The summed E-state index contributed by atoms with van der Waals surface area (Å²) in [6, 6.07) is 6.27. The van der Waals surface area contributed by atoms with E-state index in [2.05, 4.69) is 44.0 Å². The summed E-state index contributed by atoms with van der Waals surface area (Å²) in [7, 11) is 2.13. The molecule has 1 aromatic carbocycles. The Labute approximate surface area is 104 Å². The molecule has 0 spiro atoms. The summed E-state index contributed by atoms with van der Waals surface area (Å²) in [6.45, 7) is 6.30. The Morgan fingerprint density at radius 2 is 1.94 bits per heavy atom. The highest BCUT2D eigenvalue weighted by Gasteiger charge is 2.32. The first-order valence-electron chi connectivity index (χ1n) is 6.50. The van der Waals surface area contributed by atoms with E-state index < -0.39 is 5.60 Å². The summed E-state index contributed by atoms with van der Waals surface area (Å²) in [5, 5.41) is 10.9. The van der Waals surface area contributed by atoms with Crippen LogP contribution in [0.25, 0.3) is 0 Å². The van der Waals surface area contributed by atoms with Crippen LogP contribution in [0.5, 0.6) is 0 Å². The number of aliphatic hydroxyl groups is 1. The summed E-state index contributed by atoms with van der Waals surface area (Å²) in [5.74, 6) is 0. The van der Waals surface area contributed by atoms with Gasteiger partial charge in [0.1, 0.15) is 0 Å². The van der Waals surface area contributed by atoms with Gasteiger partial charge in [-0.25, -0.2) is 0 Å². The molecule has 0 amide bonds.